The Labute approximate surface area is 158 Å². The Morgan fingerprint density at radius 3 is 2.78 bits per heavy atom. The van der Waals surface area contributed by atoms with Crippen molar-refractivity contribution in [3.63, 3.8) is 0 Å². The fourth-order valence-corrected chi connectivity index (χ4v) is 3.57. The van der Waals surface area contributed by atoms with Crippen molar-refractivity contribution in [2.75, 3.05) is 13.1 Å². The summed E-state index contributed by atoms with van der Waals surface area (Å²) in [6.45, 7) is 3.36. The van der Waals surface area contributed by atoms with Crippen LogP contribution in [0.25, 0.3) is 0 Å². The van der Waals surface area contributed by atoms with Gasteiger partial charge < -0.3 is 5.32 Å². The third kappa shape index (κ3) is 4.60. The number of nitrogens with one attached hydrogen (secondary N) is 3. The van der Waals surface area contributed by atoms with Crippen LogP contribution in [0.3, 0.4) is 0 Å². The van der Waals surface area contributed by atoms with Gasteiger partial charge in [-0.15, -0.1) is 0 Å². The summed E-state index contributed by atoms with van der Waals surface area (Å²) >= 11 is 0. The molecule has 2 aromatic carbocycles. The number of aromatic nitrogens is 2. The zero-order valence-electron chi connectivity index (χ0n) is 15.1. The number of benzene rings is 2. The minimum Gasteiger partial charge on any atom is -0.312 e. The van der Waals surface area contributed by atoms with Gasteiger partial charge in [-0.25, -0.2) is 9.82 Å². The van der Waals surface area contributed by atoms with Crippen molar-refractivity contribution in [1.29, 1.82) is 0 Å². The molecular weight excluding hydrogens is 341 g/mol. The molecule has 5 nitrogen and oxygen atoms in total. The Balaban J connectivity index is 1.32. The molecule has 6 heteroatoms. The van der Waals surface area contributed by atoms with E-state index in [0.29, 0.717) is 5.92 Å². The Morgan fingerprint density at radius 2 is 1.96 bits per heavy atom. The summed E-state index contributed by atoms with van der Waals surface area (Å²) in [7, 11) is 0. The van der Waals surface area contributed by atoms with Crippen LogP contribution in [0.1, 0.15) is 22.7 Å². The van der Waals surface area contributed by atoms with E-state index in [1.807, 2.05) is 29.1 Å². The number of hydrazine groups is 1. The van der Waals surface area contributed by atoms with Crippen LogP contribution in [0.5, 0.6) is 0 Å². The van der Waals surface area contributed by atoms with Crippen LogP contribution in [0.15, 0.2) is 67.0 Å². The first-order valence-corrected chi connectivity index (χ1v) is 9.28. The van der Waals surface area contributed by atoms with Crippen LogP contribution >= 0.6 is 0 Å². The fourth-order valence-electron chi connectivity index (χ4n) is 3.57. The van der Waals surface area contributed by atoms with E-state index >= 15 is 0 Å². The Kier molecular flexibility index (Phi) is 5.58. The van der Waals surface area contributed by atoms with Crippen LogP contribution in [-0.4, -0.2) is 22.9 Å². The minimum atomic E-state index is -0.200. The molecule has 3 N–H and O–H groups in total. The van der Waals surface area contributed by atoms with Crippen LogP contribution < -0.4 is 16.2 Å². The molecule has 140 valence electrons. The number of halogens is 1. The summed E-state index contributed by atoms with van der Waals surface area (Å²) in [6, 6.07) is 17.4. The Bertz CT molecular complexity index is 847. The minimum absolute atomic E-state index is 0.184. The summed E-state index contributed by atoms with van der Waals surface area (Å²) in [6.07, 6.45) is 3.77. The van der Waals surface area contributed by atoms with Gasteiger partial charge in [0, 0.05) is 37.9 Å². The van der Waals surface area contributed by atoms with Gasteiger partial charge in [0.2, 0.25) is 0 Å². The van der Waals surface area contributed by atoms with Crippen molar-refractivity contribution in [3.05, 3.63) is 89.5 Å². The second kappa shape index (κ2) is 8.43. The number of nitrogens with zero attached hydrogens (tertiary/aromatic N) is 2. The molecule has 1 aliphatic heterocycles. The average molecular weight is 365 g/mol. The van der Waals surface area contributed by atoms with Gasteiger partial charge in [-0.2, -0.15) is 5.10 Å². The highest BCUT2D eigenvalue weighted by Gasteiger charge is 2.27. The van der Waals surface area contributed by atoms with E-state index in [1.165, 1.54) is 23.3 Å². The molecule has 27 heavy (non-hydrogen) atoms. The lowest BCUT2D eigenvalue weighted by molar-refractivity contribution is 0.441. The molecule has 1 aromatic heterocycles. The van der Waals surface area contributed by atoms with Crippen molar-refractivity contribution in [2.45, 2.75) is 19.1 Å². The molecule has 1 saturated heterocycles. The van der Waals surface area contributed by atoms with E-state index in [-0.39, 0.29) is 11.9 Å². The first kappa shape index (κ1) is 17.9. The normalized spacial score (nSPS) is 19.4. The lowest BCUT2D eigenvalue weighted by Gasteiger charge is -2.19. The largest absolute Gasteiger partial charge is 0.312 e. The van der Waals surface area contributed by atoms with Gasteiger partial charge in [-0.1, -0.05) is 36.4 Å². The van der Waals surface area contributed by atoms with Gasteiger partial charge >= 0.3 is 0 Å². The van der Waals surface area contributed by atoms with Crippen LogP contribution in [-0.2, 0) is 13.1 Å². The van der Waals surface area contributed by atoms with Crippen LogP contribution in [0, 0.1) is 11.7 Å². The zero-order chi connectivity index (χ0) is 18.5. The molecule has 2 atom stereocenters. The second-order valence-corrected chi connectivity index (χ2v) is 6.97. The summed E-state index contributed by atoms with van der Waals surface area (Å²) in [5.41, 5.74) is 10.1. The van der Waals surface area contributed by atoms with Crippen LogP contribution in [0.2, 0.25) is 0 Å². The molecule has 3 aromatic rings. The SMILES string of the molecule is Fc1ccc(C2NNCC2CNCc2cccc(Cn3cccn3)c2)cc1. The van der Waals surface area contributed by atoms with Gasteiger partial charge in [0.1, 0.15) is 5.82 Å². The number of rotatable bonds is 7. The maximum absolute atomic E-state index is 13.2. The summed E-state index contributed by atoms with van der Waals surface area (Å²) < 4.78 is 15.1. The third-order valence-electron chi connectivity index (χ3n) is 4.95. The molecule has 0 amide bonds. The molecule has 2 heterocycles. The predicted molar refractivity (Wildman–Crippen MR) is 103 cm³/mol. The molecule has 0 aliphatic carbocycles. The van der Waals surface area contributed by atoms with E-state index in [9.17, 15) is 4.39 Å². The summed E-state index contributed by atoms with van der Waals surface area (Å²) in [5, 5.41) is 7.83. The quantitative estimate of drug-likeness (QED) is 0.603. The van der Waals surface area contributed by atoms with Crippen molar-refractivity contribution in [3.8, 4) is 0 Å². The zero-order valence-corrected chi connectivity index (χ0v) is 15.1. The first-order chi connectivity index (χ1) is 13.3. The van der Waals surface area contributed by atoms with Crippen LogP contribution in [0.4, 0.5) is 4.39 Å². The molecule has 1 fully saturated rings. The topological polar surface area (TPSA) is 53.9 Å². The van der Waals surface area contributed by atoms with Gasteiger partial charge in [-0.05, 0) is 34.9 Å². The average Bonchev–Trinajstić information content (AvgIpc) is 3.35. The van der Waals surface area contributed by atoms with E-state index in [1.54, 1.807) is 6.20 Å². The monoisotopic (exact) mass is 365 g/mol. The maximum atomic E-state index is 13.2. The van der Waals surface area contributed by atoms with Gasteiger partial charge in [0.05, 0.1) is 12.6 Å². The number of hydrogen-bond donors (Lipinski definition) is 3. The predicted octanol–water partition coefficient (Wildman–Crippen LogP) is 2.63. The molecular formula is C21H24FN5. The molecule has 1 aliphatic rings. The van der Waals surface area contributed by atoms with Gasteiger partial charge in [0.15, 0.2) is 0 Å². The highest BCUT2D eigenvalue weighted by Crippen LogP contribution is 2.24. The standard InChI is InChI=1S/C21H24FN5/c22-20-7-5-18(6-8-20)21-19(14-24-26-21)13-23-12-16-3-1-4-17(11-16)15-27-10-2-9-25-27/h1-11,19,21,23-24,26H,12-15H2. The molecule has 2 unspecified atom stereocenters. The highest BCUT2D eigenvalue weighted by molar-refractivity contribution is 5.24. The second-order valence-electron chi connectivity index (χ2n) is 6.97. The lowest BCUT2D eigenvalue weighted by Crippen LogP contribution is -2.28. The molecule has 4 rings (SSSR count). The van der Waals surface area contributed by atoms with Crippen molar-refractivity contribution < 1.29 is 4.39 Å². The smallest absolute Gasteiger partial charge is 0.123 e. The van der Waals surface area contributed by atoms with Gasteiger partial charge in [-0.3, -0.25) is 10.1 Å². The fraction of sp³-hybridized carbons (Fsp3) is 0.286. The van der Waals surface area contributed by atoms with E-state index in [0.717, 1.165) is 31.7 Å². The van der Waals surface area contributed by atoms with E-state index < -0.39 is 0 Å². The van der Waals surface area contributed by atoms with E-state index in [2.05, 4.69) is 45.5 Å². The third-order valence-corrected chi connectivity index (χ3v) is 4.95. The Hall–Kier alpha value is -2.54. The van der Waals surface area contributed by atoms with Gasteiger partial charge in [0.25, 0.3) is 0 Å². The summed E-state index contributed by atoms with van der Waals surface area (Å²) in [4.78, 5) is 0. The highest BCUT2D eigenvalue weighted by atomic mass is 19.1. The molecule has 0 saturated carbocycles. The lowest BCUT2D eigenvalue weighted by atomic mass is 9.95. The molecule has 0 radical (unpaired) electrons. The molecule has 0 bridgehead atoms. The first-order valence-electron chi connectivity index (χ1n) is 9.28. The van der Waals surface area contributed by atoms with E-state index in [4.69, 9.17) is 0 Å². The molecule has 0 spiro atoms. The van der Waals surface area contributed by atoms with Crippen molar-refractivity contribution >= 4 is 0 Å². The van der Waals surface area contributed by atoms with Crippen molar-refractivity contribution in [1.82, 2.24) is 25.9 Å². The maximum Gasteiger partial charge on any atom is 0.123 e. The summed E-state index contributed by atoms with van der Waals surface area (Å²) in [5.74, 6) is 0.206. The van der Waals surface area contributed by atoms with Crippen molar-refractivity contribution in [2.24, 2.45) is 5.92 Å². The Morgan fingerprint density at radius 1 is 1.11 bits per heavy atom. The number of hydrogen-bond acceptors (Lipinski definition) is 4.